The molecule has 2 aromatic rings. The summed E-state index contributed by atoms with van der Waals surface area (Å²) in [6, 6.07) is 7.37. The van der Waals surface area contributed by atoms with E-state index in [1.54, 1.807) is 31.2 Å². The van der Waals surface area contributed by atoms with Gasteiger partial charge in [-0.1, -0.05) is 6.07 Å². The molecule has 2 aliphatic heterocycles. The number of rotatable bonds is 9. The average molecular weight is 526 g/mol. The molecule has 1 saturated heterocycles. The Morgan fingerprint density at radius 2 is 1.95 bits per heavy atom. The van der Waals surface area contributed by atoms with Crippen molar-refractivity contribution >= 4 is 30.0 Å². The molecule has 0 bridgehead atoms. The van der Waals surface area contributed by atoms with Crippen LogP contribution < -0.4 is 30.4 Å². The molecule has 1 atom stereocenters. The Kier molecular flexibility index (Phi) is 8.51. The van der Waals surface area contributed by atoms with Crippen LogP contribution in [-0.2, 0) is 14.3 Å². The number of furan rings is 1. The van der Waals surface area contributed by atoms with E-state index in [-0.39, 0.29) is 12.2 Å². The highest BCUT2D eigenvalue weighted by molar-refractivity contribution is 5.95. The first-order chi connectivity index (χ1) is 18.4. The fourth-order valence-electron chi connectivity index (χ4n) is 4.35. The molecule has 38 heavy (non-hydrogen) atoms. The fourth-order valence-corrected chi connectivity index (χ4v) is 4.35. The minimum atomic E-state index is -0.756. The standard InChI is InChI=1S/C26H31N5O7/c1-16-23(25(33)36-3)24(29-26(34)28-16)17-7-9-19(20(13-17)35-2)37-15-21(32)30-27-14-18-8-10-22(38-18)31-11-5-4-6-12-31/h7-10,13-14,24H,4-6,11-12,15H2,1-3H3,(H,30,32)(H2,28,29,34)/b27-14-/t24-/m1/s1. The van der Waals surface area contributed by atoms with E-state index in [4.69, 9.17) is 18.6 Å². The Labute approximate surface area is 220 Å². The van der Waals surface area contributed by atoms with Gasteiger partial charge in [0.05, 0.1) is 32.0 Å². The smallest absolute Gasteiger partial charge is 0.337 e. The van der Waals surface area contributed by atoms with Crippen LogP contribution in [0.5, 0.6) is 11.5 Å². The van der Waals surface area contributed by atoms with Crippen LogP contribution in [0.15, 0.2) is 51.1 Å². The van der Waals surface area contributed by atoms with Crippen molar-refractivity contribution in [1.29, 1.82) is 0 Å². The third-order valence-electron chi connectivity index (χ3n) is 6.22. The van der Waals surface area contributed by atoms with Crippen molar-refractivity contribution in [2.24, 2.45) is 5.10 Å². The molecule has 1 aromatic heterocycles. The van der Waals surface area contributed by atoms with Crippen LogP contribution in [-0.4, -0.2) is 58.0 Å². The van der Waals surface area contributed by atoms with E-state index >= 15 is 0 Å². The van der Waals surface area contributed by atoms with E-state index in [9.17, 15) is 14.4 Å². The van der Waals surface area contributed by atoms with Gasteiger partial charge >= 0.3 is 12.0 Å². The van der Waals surface area contributed by atoms with E-state index in [1.165, 1.54) is 26.9 Å². The maximum absolute atomic E-state index is 12.3. The highest BCUT2D eigenvalue weighted by atomic mass is 16.5. The second-order valence-corrected chi connectivity index (χ2v) is 8.78. The van der Waals surface area contributed by atoms with Crippen molar-refractivity contribution in [2.75, 3.05) is 38.8 Å². The zero-order chi connectivity index (χ0) is 27.1. The predicted molar refractivity (Wildman–Crippen MR) is 138 cm³/mol. The number of ether oxygens (including phenoxy) is 3. The number of carbonyl (C=O) groups excluding carboxylic acids is 3. The van der Waals surface area contributed by atoms with Gasteiger partial charge in [-0.3, -0.25) is 4.79 Å². The lowest BCUT2D eigenvalue weighted by Crippen LogP contribution is -2.45. The summed E-state index contributed by atoms with van der Waals surface area (Å²) in [5, 5.41) is 9.21. The number of benzene rings is 1. The molecule has 0 saturated carbocycles. The number of hydrogen-bond donors (Lipinski definition) is 3. The number of esters is 1. The molecular formula is C26H31N5O7. The van der Waals surface area contributed by atoms with E-state index in [0.717, 1.165) is 31.8 Å². The lowest BCUT2D eigenvalue weighted by Gasteiger charge is -2.28. The van der Waals surface area contributed by atoms with Gasteiger partial charge in [0.25, 0.3) is 5.91 Å². The van der Waals surface area contributed by atoms with Gasteiger partial charge in [0, 0.05) is 24.9 Å². The Morgan fingerprint density at radius 3 is 2.68 bits per heavy atom. The summed E-state index contributed by atoms with van der Waals surface area (Å²) in [7, 11) is 2.71. The van der Waals surface area contributed by atoms with Crippen molar-refractivity contribution in [3.8, 4) is 11.5 Å². The molecular weight excluding hydrogens is 494 g/mol. The SMILES string of the molecule is COC(=O)C1=C(C)NC(=O)N[C@@H]1c1ccc(OCC(=O)N/N=C\c2ccc(N3CCCCC3)o2)c(OC)c1. The van der Waals surface area contributed by atoms with Gasteiger partial charge in [-0.15, -0.1) is 0 Å². The number of nitrogens with zero attached hydrogens (tertiary/aromatic N) is 2. The third-order valence-corrected chi connectivity index (χ3v) is 6.22. The van der Waals surface area contributed by atoms with Gasteiger partial charge in [0.2, 0.25) is 0 Å². The zero-order valence-electron chi connectivity index (χ0n) is 21.5. The van der Waals surface area contributed by atoms with Crippen molar-refractivity contribution in [2.45, 2.75) is 32.2 Å². The lowest BCUT2D eigenvalue weighted by atomic mass is 9.95. The van der Waals surface area contributed by atoms with E-state index in [1.807, 2.05) is 6.07 Å². The first-order valence-corrected chi connectivity index (χ1v) is 12.2. The Hall–Kier alpha value is -4.48. The summed E-state index contributed by atoms with van der Waals surface area (Å²) in [6.45, 7) is 3.24. The number of hydrogen-bond acceptors (Lipinski definition) is 9. The Morgan fingerprint density at radius 1 is 1.16 bits per heavy atom. The summed E-state index contributed by atoms with van der Waals surface area (Å²) in [5.74, 6) is 0.887. The number of urea groups is 1. The van der Waals surface area contributed by atoms with Crippen molar-refractivity contribution < 1.29 is 33.0 Å². The zero-order valence-corrected chi connectivity index (χ0v) is 21.5. The van der Waals surface area contributed by atoms with Gasteiger partial charge in [0.1, 0.15) is 5.76 Å². The highest BCUT2D eigenvalue weighted by Crippen LogP contribution is 2.34. The van der Waals surface area contributed by atoms with Gasteiger partial charge in [-0.25, -0.2) is 15.0 Å². The van der Waals surface area contributed by atoms with Gasteiger partial charge < -0.3 is 34.2 Å². The minimum absolute atomic E-state index is 0.264. The van der Waals surface area contributed by atoms with Crippen LogP contribution in [0, 0.1) is 0 Å². The maximum Gasteiger partial charge on any atom is 0.337 e. The van der Waals surface area contributed by atoms with Crippen LogP contribution in [0.3, 0.4) is 0 Å². The molecule has 12 nitrogen and oxygen atoms in total. The molecule has 2 aliphatic rings. The van der Waals surface area contributed by atoms with E-state index in [2.05, 4.69) is 26.1 Å². The fraction of sp³-hybridized carbons (Fsp3) is 0.385. The third kappa shape index (κ3) is 6.25. The Balaban J connectivity index is 1.35. The molecule has 1 fully saturated rings. The minimum Gasteiger partial charge on any atom is -0.493 e. The number of methoxy groups -OCH3 is 2. The summed E-state index contributed by atoms with van der Waals surface area (Å²) < 4.78 is 21.7. The topological polar surface area (TPSA) is 144 Å². The number of amides is 3. The average Bonchev–Trinajstić information content (AvgIpc) is 3.40. The van der Waals surface area contributed by atoms with Gasteiger partial charge in [0.15, 0.2) is 24.0 Å². The second kappa shape index (κ2) is 12.2. The molecule has 3 N–H and O–H groups in total. The summed E-state index contributed by atoms with van der Waals surface area (Å²) in [4.78, 5) is 38.8. The number of piperidine rings is 1. The van der Waals surface area contributed by atoms with Crippen molar-refractivity contribution in [3.05, 3.63) is 52.9 Å². The molecule has 12 heteroatoms. The second-order valence-electron chi connectivity index (χ2n) is 8.78. The summed E-state index contributed by atoms with van der Waals surface area (Å²) >= 11 is 0. The molecule has 3 heterocycles. The molecule has 3 amide bonds. The molecule has 0 spiro atoms. The van der Waals surface area contributed by atoms with Crippen molar-refractivity contribution in [3.63, 3.8) is 0 Å². The molecule has 0 radical (unpaired) electrons. The summed E-state index contributed by atoms with van der Waals surface area (Å²) in [5.41, 5.74) is 3.63. The van der Waals surface area contributed by atoms with Gasteiger partial charge in [-0.2, -0.15) is 5.10 Å². The molecule has 0 aliphatic carbocycles. The van der Waals surface area contributed by atoms with E-state index in [0.29, 0.717) is 28.5 Å². The quantitative estimate of drug-likeness (QED) is 0.258. The number of allylic oxidation sites excluding steroid dienone is 1. The number of hydrazone groups is 1. The van der Waals surface area contributed by atoms with Crippen LogP contribution in [0.25, 0.3) is 0 Å². The largest absolute Gasteiger partial charge is 0.493 e. The first kappa shape index (κ1) is 26.6. The molecule has 202 valence electrons. The van der Waals surface area contributed by atoms with Crippen LogP contribution in [0.4, 0.5) is 10.7 Å². The normalized spacial score (nSPS) is 17.6. The number of carbonyl (C=O) groups is 3. The van der Waals surface area contributed by atoms with Crippen molar-refractivity contribution in [1.82, 2.24) is 16.1 Å². The van der Waals surface area contributed by atoms with Gasteiger partial charge in [-0.05, 0) is 49.9 Å². The first-order valence-electron chi connectivity index (χ1n) is 12.2. The predicted octanol–water partition coefficient (Wildman–Crippen LogP) is 2.61. The molecule has 1 aromatic carbocycles. The lowest BCUT2D eigenvalue weighted by molar-refractivity contribution is -0.136. The van der Waals surface area contributed by atoms with E-state index < -0.39 is 23.9 Å². The number of nitrogens with one attached hydrogen (secondary N) is 3. The number of anilines is 1. The van der Waals surface area contributed by atoms with Crippen LogP contribution >= 0.6 is 0 Å². The molecule has 0 unspecified atom stereocenters. The highest BCUT2D eigenvalue weighted by Gasteiger charge is 2.32. The maximum atomic E-state index is 12.3. The monoisotopic (exact) mass is 525 g/mol. The summed E-state index contributed by atoms with van der Waals surface area (Å²) in [6.07, 6.45) is 4.96. The van der Waals surface area contributed by atoms with Crippen LogP contribution in [0.1, 0.15) is 43.6 Å². The molecule has 4 rings (SSSR count). The van der Waals surface area contributed by atoms with Crippen LogP contribution in [0.2, 0.25) is 0 Å². The Bertz CT molecular complexity index is 1250.